The molecule has 0 radical (unpaired) electrons. The molecule has 8 heteroatoms. The molecule has 23 heavy (non-hydrogen) atoms. The average molecular weight is 335 g/mol. The fraction of sp³-hybridized carbons (Fsp3) is 0.467. The van der Waals surface area contributed by atoms with E-state index in [0.29, 0.717) is 31.0 Å². The van der Waals surface area contributed by atoms with Gasteiger partial charge in [-0.3, -0.25) is 9.59 Å². The average Bonchev–Trinajstić information content (AvgIpc) is 3.13. The third kappa shape index (κ3) is 3.76. The molecule has 0 unspecified atom stereocenters. The maximum Gasteiger partial charge on any atom is 0.305 e. The standard InChI is InChI=1S/C15H17N3O4S/c19-11(16-15(5-1-6-15)8-13(20)21)2-3-12-17-18-14(22-12)10-4-7-23-9-10/h4,7,9H,1-3,5-6,8H2,(H,16,19)(H,20,21). The molecule has 0 spiro atoms. The molecule has 1 amide bonds. The number of carbonyl (C=O) groups excluding carboxylic acids is 1. The van der Waals surface area contributed by atoms with Gasteiger partial charge in [0, 0.05) is 23.8 Å². The summed E-state index contributed by atoms with van der Waals surface area (Å²) in [5.74, 6) is -0.214. The summed E-state index contributed by atoms with van der Waals surface area (Å²) in [5, 5.41) is 23.5. The van der Waals surface area contributed by atoms with E-state index in [2.05, 4.69) is 15.5 Å². The van der Waals surface area contributed by atoms with Crippen LogP contribution < -0.4 is 5.32 Å². The number of hydrogen-bond donors (Lipinski definition) is 2. The van der Waals surface area contributed by atoms with Crippen LogP contribution in [0.2, 0.25) is 0 Å². The highest BCUT2D eigenvalue weighted by Crippen LogP contribution is 2.35. The lowest BCUT2D eigenvalue weighted by molar-refractivity contribution is -0.140. The van der Waals surface area contributed by atoms with Crippen LogP contribution in [-0.2, 0) is 16.0 Å². The van der Waals surface area contributed by atoms with E-state index in [0.717, 1.165) is 12.0 Å². The molecule has 1 aliphatic rings. The predicted octanol–water partition coefficient (Wildman–Crippen LogP) is 2.24. The van der Waals surface area contributed by atoms with E-state index in [1.807, 2.05) is 16.8 Å². The van der Waals surface area contributed by atoms with E-state index in [-0.39, 0.29) is 18.7 Å². The van der Waals surface area contributed by atoms with Crippen molar-refractivity contribution >= 4 is 23.2 Å². The molecule has 0 saturated heterocycles. The minimum absolute atomic E-state index is 0.0262. The van der Waals surface area contributed by atoms with Crippen LogP contribution in [0.3, 0.4) is 0 Å². The summed E-state index contributed by atoms with van der Waals surface area (Å²) in [6.07, 6.45) is 2.89. The number of aromatic nitrogens is 2. The summed E-state index contributed by atoms with van der Waals surface area (Å²) in [6, 6.07) is 1.89. The zero-order valence-corrected chi connectivity index (χ0v) is 13.3. The van der Waals surface area contributed by atoms with Crippen molar-refractivity contribution in [1.29, 1.82) is 0 Å². The van der Waals surface area contributed by atoms with Crippen molar-refractivity contribution in [1.82, 2.24) is 15.5 Å². The Morgan fingerprint density at radius 3 is 2.83 bits per heavy atom. The Morgan fingerprint density at radius 2 is 2.22 bits per heavy atom. The van der Waals surface area contributed by atoms with Gasteiger partial charge in [-0.25, -0.2) is 0 Å². The van der Waals surface area contributed by atoms with Gasteiger partial charge < -0.3 is 14.8 Å². The van der Waals surface area contributed by atoms with E-state index < -0.39 is 11.5 Å². The molecule has 3 rings (SSSR count). The van der Waals surface area contributed by atoms with Gasteiger partial charge in [-0.2, -0.15) is 11.3 Å². The third-order valence-electron chi connectivity index (χ3n) is 4.01. The van der Waals surface area contributed by atoms with Crippen LogP contribution in [0.4, 0.5) is 0 Å². The van der Waals surface area contributed by atoms with Gasteiger partial charge in [-0.1, -0.05) is 0 Å². The number of nitrogens with zero attached hydrogens (tertiary/aromatic N) is 2. The molecule has 1 fully saturated rings. The molecule has 2 aromatic heterocycles. The number of aliphatic carboxylic acids is 1. The van der Waals surface area contributed by atoms with Crippen molar-refractivity contribution in [2.24, 2.45) is 0 Å². The highest BCUT2D eigenvalue weighted by atomic mass is 32.1. The van der Waals surface area contributed by atoms with Crippen molar-refractivity contribution in [2.45, 2.75) is 44.1 Å². The number of rotatable bonds is 7. The Balaban J connectivity index is 1.52. The molecule has 122 valence electrons. The molecule has 0 aromatic carbocycles. The summed E-state index contributed by atoms with van der Waals surface area (Å²) in [6.45, 7) is 0. The Hall–Kier alpha value is -2.22. The van der Waals surface area contributed by atoms with Crippen molar-refractivity contribution in [3.05, 3.63) is 22.7 Å². The first-order valence-electron chi connectivity index (χ1n) is 7.44. The zero-order valence-electron chi connectivity index (χ0n) is 12.4. The number of hydrogen-bond acceptors (Lipinski definition) is 6. The highest BCUT2D eigenvalue weighted by molar-refractivity contribution is 7.08. The largest absolute Gasteiger partial charge is 0.481 e. The van der Waals surface area contributed by atoms with Gasteiger partial charge in [0.05, 0.1) is 12.0 Å². The normalized spacial score (nSPS) is 15.8. The SMILES string of the molecule is O=C(O)CC1(NC(=O)CCc2nnc(-c3ccsc3)o2)CCC1. The first kappa shape index (κ1) is 15.7. The quantitative estimate of drug-likeness (QED) is 0.804. The number of amides is 1. The first-order chi connectivity index (χ1) is 11.1. The Bertz CT molecular complexity index is 691. The second-order valence-electron chi connectivity index (χ2n) is 5.77. The molecule has 0 aliphatic heterocycles. The summed E-state index contributed by atoms with van der Waals surface area (Å²) in [7, 11) is 0. The van der Waals surface area contributed by atoms with Crippen molar-refractivity contribution in [2.75, 3.05) is 0 Å². The predicted molar refractivity (Wildman–Crippen MR) is 82.9 cm³/mol. The summed E-state index contributed by atoms with van der Waals surface area (Å²) in [4.78, 5) is 22.9. The topological polar surface area (TPSA) is 105 Å². The van der Waals surface area contributed by atoms with Gasteiger partial charge in [0.2, 0.25) is 17.7 Å². The van der Waals surface area contributed by atoms with Crippen LogP contribution in [0, 0.1) is 0 Å². The molecule has 7 nitrogen and oxygen atoms in total. The second-order valence-corrected chi connectivity index (χ2v) is 6.55. The monoisotopic (exact) mass is 335 g/mol. The van der Waals surface area contributed by atoms with Gasteiger partial charge in [-0.05, 0) is 30.7 Å². The molecule has 2 aromatic rings. The van der Waals surface area contributed by atoms with Crippen molar-refractivity contribution in [3.63, 3.8) is 0 Å². The molecule has 0 atom stereocenters. The molecular weight excluding hydrogens is 318 g/mol. The third-order valence-corrected chi connectivity index (χ3v) is 4.69. The van der Waals surface area contributed by atoms with E-state index in [4.69, 9.17) is 9.52 Å². The Morgan fingerprint density at radius 1 is 1.39 bits per heavy atom. The van der Waals surface area contributed by atoms with Crippen LogP contribution >= 0.6 is 11.3 Å². The summed E-state index contributed by atoms with van der Waals surface area (Å²) < 4.78 is 5.52. The van der Waals surface area contributed by atoms with Crippen molar-refractivity contribution < 1.29 is 19.1 Å². The van der Waals surface area contributed by atoms with Gasteiger partial charge in [-0.15, -0.1) is 10.2 Å². The van der Waals surface area contributed by atoms with Crippen LogP contribution in [0.25, 0.3) is 11.5 Å². The van der Waals surface area contributed by atoms with Gasteiger partial charge in [0.15, 0.2) is 0 Å². The molecule has 1 aliphatic carbocycles. The van der Waals surface area contributed by atoms with Gasteiger partial charge in [0.25, 0.3) is 0 Å². The van der Waals surface area contributed by atoms with Crippen LogP contribution in [0.1, 0.15) is 38.0 Å². The number of carbonyl (C=O) groups is 2. The second kappa shape index (κ2) is 6.49. The minimum atomic E-state index is -0.887. The smallest absolute Gasteiger partial charge is 0.305 e. The summed E-state index contributed by atoms with van der Waals surface area (Å²) >= 11 is 1.54. The number of carboxylic acid groups (broad SMARTS) is 1. The Labute approximate surface area is 136 Å². The fourth-order valence-electron chi connectivity index (χ4n) is 2.68. The number of aryl methyl sites for hydroxylation is 1. The molecule has 1 saturated carbocycles. The van der Waals surface area contributed by atoms with Crippen LogP contribution in [0.5, 0.6) is 0 Å². The maximum atomic E-state index is 12.0. The van der Waals surface area contributed by atoms with Gasteiger partial charge in [0.1, 0.15) is 0 Å². The Kier molecular flexibility index (Phi) is 4.42. The highest BCUT2D eigenvalue weighted by Gasteiger charge is 2.40. The summed E-state index contributed by atoms with van der Waals surface area (Å²) in [5.41, 5.74) is 0.299. The van der Waals surface area contributed by atoms with Gasteiger partial charge >= 0.3 is 5.97 Å². The zero-order chi connectivity index (χ0) is 16.3. The van der Waals surface area contributed by atoms with E-state index in [1.165, 1.54) is 0 Å². The number of thiophene rings is 1. The van der Waals surface area contributed by atoms with Crippen LogP contribution in [-0.4, -0.2) is 32.7 Å². The lowest BCUT2D eigenvalue weighted by Crippen LogP contribution is -2.54. The molecule has 0 bridgehead atoms. The fourth-order valence-corrected chi connectivity index (χ4v) is 3.30. The maximum absolute atomic E-state index is 12.0. The molecular formula is C15H17N3O4S. The van der Waals surface area contributed by atoms with E-state index >= 15 is 0 Å². The number of nitrogens with one attached hydrogen (secondary N) is 1. The van der Waals surface area contributed by atoms with Crippen molar-refractivity contribution in [3.8, 4) is 11.5 Å². The van der Waals surface area contributed by atoms with Crippen LogP contribution in [0.15, 0.2) is 21.2 Å². The minimum Gasteiger partial charge on any atom is -0.481 e. The number of carboxylic acids is 1. The molecule has 2 heterocycles. The lowest BCUT2D eigenvalue weighted by Gasteiger charge is -2.41. The molecule has 2 N–H and O–H groups in total. The first-order valence-corrected chi connectivity index (χ1v) is 8.38. The van der Waals surface area contributed by atoms with E-state index in [9.17, 15) is 9.59 Å². The lowest BCUT2D eigenvalue weighted by atomic mass is 9.74. The van der Waals surface area contributed by atoms with E-state index in [1.54, 1.807) is 11.3 Å².